The summed E-state index contributed by atoms with van der Waals surface area (Å²) >= 11 is 0. The molecule has 0 amide bonds. The minimum atomic E-state index is -4.39. The van der Waals surface area contributed by atoms with Gasteiger partial charge in [-0.2, -0.15) is 13.2 Å². The van der Waals surface area contributed by atoms with Crippen molar-refractivity contribution in [2.24, 2.45) is 5.73 Å². The molecule has 0 spiro atoms. The number of hydrogen-bond donors (Lipinski definition) is 1. The summed E-state index contributed by atoms with van der Waals surface area (Å²) in [5.41, 5.74) is 6.13. The summed E-state index contributed by atoms with van der Waals surface area (Å²) in [5.74, 6) is 0. The zero-order valence-electron chi connectivity index (χ0n) is 10.0. The zero-order valence-corrected chi connectivity index (χ0v) is 10.8. The second-order valence-corrected chi connectivity index (χ2v) is 4.89. The van der Waals surface area contributed by atoms with Crippen LogP contribution >= 0.6 is 12.4 Å². The van der Waals surface area contributed by atoms with Crippen molar-refractivity contribution in [1.29, 1.82) is 0 Å². The van der Waals surface area contributed by atoms with Gasteiger partial charge < -0.3 is 5.73 Å². The lowest BCUT2D eigenvalue weighted by atomic mass is 9.86. The van der Waals surface area contributed by atoms with E-state index in [0.29, 0.717) is 0 Å². The molecule has 1 aromatic carbocycles. The van der Waals surface area contributed by atoms with Crippen LogP contribution in [-0.2, 0) is 5.41 Å². The summed E-state index contributed by atoms with van der Waals surface area (Å²) in [6.45, 7) is 6.02. The lowest BCUT2D eigenvalue weighted by molar-refractivity contribution is -0.149. The van der Waals surface area contributed by atoms with Crippen molar-refractivity contribution in [1.82, 2.24) is 0 Å². The van der Waals surface area contributed by atoms with Gasteiger partial charge in [-0.05, 0) is 16.5 Å². The van der Waals surface area contributed by atoms with Gasteiger partial charge in [0.1, 0.15) is 6.04 Å². The lowest BCUT2D eigenvalue weighted by Gasteiger charge is -2.21. The van der Waals surface area contributed by atoms with Crippen molar-refractivity contribution in [2.45, 2.75) is 38.4 Å². The molecule has 1 atom stereocenters. The summed E-state index contributed by atoms with van der Waals surface area (Å²) in [6.07, 6.45) is -4.39. The van der Waals surface area contributed by atoms with Gasteiger partial charge in [0, 0.05) is 0 Å². The van der Waals surface area contributed by atoms with Gasteiger partial charge in [-0.25, -0.2) is 0 Å². The highest BCUT2D eigenvalue weighted by atomic mass is 35.5. The summed E-state index contributed by atoms with van der Waals surface area (Å²) in [5, 5.41) is 0. The molecule has 0 aliphatic rings. The maximum atomic E-state index is 12.3. The Morgan fingerprint density at radius 2 is 1.41 bits per heavy atom. The largest absolute Gasteiger partial charge is 0.407 e. The smallest absolute Gasteiger partial charge is 0.316 e. The van der Waals surface area contributed by atoms with Gasteiger partial charge in [-0.15, -0.1) is 12.4 Å². The highest BCUT2D eigenvalue weighted by Gasteiger charge is 2.37. The Bertz CT molecular complexity index is 351. The molecule has 0 aromatic heterocycles. The molecule has 0 heterocycles. The van der Waals surface area contributed by atoms with E-state index in [9.17, 15) is 13.2 Å². The Morgan fingerprint density at radius 3 is 1.71 bits per heavy atom. The van der Waals surface area contributed by atoms with Gasteiger partial charge in [-0.3, -0.25) is 0 Å². The number of nitrogens with two attached hydrogens (primary N) is 1. The number of benzene rings is 1. The highest BCUT2D eigenvalue weighted by Crippen LogP contribution is 2.31. The fourth-order valence-corrected chi connectivity index (χ4v) is 1.38. The Labute approximate surface area is 106 Å². The van der Waals surface area contributed by atoms with E-state index < -0.39 is 12.2 Å². The van der Waals surface area contributed by atoms with E-state index in [1.54, 1.807) is 12.1 Å². The Morgan fingerprint density at radius 1 is 1.00 bits per heavy atom. The fourth-order valence-electron chi connectivity index (χ4n) is 1.38. The second kappa shape index (κ2) is 5.27. The monoisotopic (exact) mass is 267 g/mol. The fraction of sp³-hybridized carbons (Fsp3) is 0.500. The van der Waals surface area contributed by atoms with Crippen LogP contribution in [0.5, 0.6) is 0 Å². The van der Waals surface area contributed by atoms with E-state index in [-0.39, 0.29) is 23.4 Å². The lowest BCUT2D eigenvalue weighted by Crippen LogP contribution is -2.28. The third-order valence-electron chi connectivity index (χ3n) is 2.49. The van der Waals surface area contributed by atoms with Crippen LogP contribution in [0.2, 0.25) is 0 Å². The Hall–Kier alpha value is -0.740. The molecular formula is C12H17ClF3N. The van der Waals surface area contributed by atoms with Gasteiger partial charge in [0.2, 0.25) is 0 Å². The minimum Gasteiger partial charge on any atom is -0.316 e. The standard InChI is InChI=1S/C12H16F3N.ClH/c1-11(2,3)9-6-4-8(5-7-9)10(16)12(13,14)15;/h4-7,10H,16H2,1-3H3;1H. The molecule has 98 valence electrons. The summed E-state index contributed by atoms with van der Waals surface area (Å²) < 4.78 is 37.0. The molecule has 0 aliphatic heterocycles. The van der Waals surface area contributed by atoms with Crippen LogP contribution < -0.4 is 5.73 Å². The second-order valence-electron chi connectivity index (χ2n) is 4.89. The average Bonchev–Trinajstić information content (AvgIpc) is 2.14. The molecule has 1 unspecified atom stereocenters. The Balaban J connectivity index is 0.00000256. The predicted molar refractivity (Wildman–Crippen MR) is 65.4 cm³/mol. The number of halogens is 4. The maximum absolute atomic E-state index is 12.3. The van der Waals surface area contributed by atoms with Gasteiger partial charge in [0.25, 0.3) is 0 Å². The van der Waals surface area contributed by atoms with E-state index in [1.165, 1.54) is 12.1 Å². The van der Waals surface area contributed by atoms with Gasteiger partial charge in [0.05, 0.1) is 0 Å². The first-order valence-electron chi connectivity index (χ1n) is 5.05. The quantitative estimate of drug-likeness (QED) is 0.819. The van der Waals surface area contributed by atoms with Crippen molar-refractivity contribution in [2.75, 3.05) is 0 Å². The first-order chi connectivity index (χ1) is 7.12. The average molecular weight is 268 g/mol. The predicted octanol–water partition coefficient (Wildman–Crippen LogP) is 3.97. The number of alkyl halides is 3. The van der Waals surface area contributed by atoms with Crippen LogP contribution in [0.15, 0.2) is 24.3 Å². The third kappa shape index (κ3) is 4.21. The van der Waals surface area contributed by atoms with Crippen molar-refractivity contribution >= 4 is 12.4 Å². The topological polar surface area (TPSA) is 26.0 Å². The highest BCUT2D eigenvalue weighted by molar-refractivity contribution is 5.85. The normalized spacial score (nSPS) is 14.1. The van der Waals surface area contributed by atoms with Crippen LogP contribution in [0.25, 0.3) is 0 Å². The molecule has 1 rings (SSSR count). The molecule has 0 fully saturated rings. The summed E-state index contributed by atoms with van der Waals surface area (Å²) in [7, 11) is 0. The molecule has 0 bridgehead atoms. The maximum Gasteiger partial charge on any atom is 0.407 e. The van der Waals surface area contributed by atoms with Crippen molar-refractivity contribution < 1.29 is 13.2 Å². The molecule has 1 nitrogen and oxygen atoms in total. The van der Waals surface area contributed by atoms with Crippen molar-refractivity contribution in [3.05, 3.63) is 35.4 Å². The molecule has 0 saturated carbocycles. The molecule has 17 heavy (non-hydrogen) atoms. The minimum absolute atomic E-state index is 0. The van der Waals surface area contributed by atoms with E-state index in [2.05, 4.69) is 0 Å². The van der Waals surface area contributed by atoms with Crippen molar-refractivity contribution in [3.8, 4) is 0 Å². The van der Waals surface area contributed by atoms with Crippen LogP contribution in [0, 0.1) is 0 Å². The van der Waals surface area contributed by atoms with Gasteiger partial charge >= 0.3 is 6.18 Å². The molecule has 5 heteroatoms. The van der Waals surface area contributed by atoms with Gasteiger partial charge in [-0.1, -0.05) is 45.0 Å². The van der Waals surface area contributed by atoms with E-state index in [1.807, 2.05) is 20.8 Å². The molecular weight excluding hydrogens is 251 g/mol. The summed E-state index contributed by atoms with van der Waals surface area (Å²) in [4.78, 5) is 0. The summed E-state index contributed by atoms with van der Waals surface area (Å²) in [6, 6.07) is 4.38. The van der Waals surface area contributed by atoms with E-state index in [0.717, 1.165) is 5.56 Å². The molecule has 2 N–H and O–H groups in total. The number of hydrogen-bond acceptors (Lipinski definition) is 1. The molecule has 0 radical (unpaired) electrons. The van der Waals surface area contributed by atoms with Crippen LogP contribution in [0.1, 0.15) is 37.9 Å². The molecule has 1 aromatic rings. The number of rotatable bonds is 1. The zero-order chi connectivity index (χ0) is 12.6. The van der Waals surface area contributed by atoms with Gasteiger partial charge in [0.15, 0.2) is 0 Å². The van der Waals surface area contributed by atoms with Crippen LogP contribution in [0.4, 0.5) is 13.2 Å². The third-order valence-corrected chi connectivity index (χ3v) is 2.49. The SMILES string of the molecule is CC(C)(C)c1ccc(C(N)C(F)(F)F)cc1.Cl. The van der Waals surface area contributed by atoms with E-state index in [4.69, 9.17) is 5.73 Å². The van der Waals surface area contributed by atoms with Crippen LogP contribution in [0.3, 0.4) is 0 Å². The molecule has 0 saturated heterocycles. The molecule has 0 aliphatic carbocycles. The van der Waals surface area contributed by atoms with Crippen LogP contribution in [-0.4, -0.2) is 6.18 Å². The first-order valence-corrected chi connectivity index (χ1v) is 5.05. The van der Waals surface area contributed by atoms with E-state index >= 15 is 0 Å². The van der Waals surface area contributed by atoms with Crippen molar-refractivity contribution in [3.63, 3.8) is 0 Å². The first kappa shape index (κ1) is 16.3. The Kier molecular flexibility index (Phi) is 5.04.